The molecule has 3 aromatic rings. The van der Waals surface area contributed by atoms with Gasteiger partial charge in [-0.1, -0.05) is 63.6 Å². The van der Waals surface area contributed by atoms with Gasteiger partial charge in [-0.25, -0.2) is 9.48 Å². The number of amides is 2. The Morgan fingerprint density at radius 1 is 1.13 bits per heavy atom. The van der Waals surface area contributed by atoms with Gasteiger partial charge in [0.2, 0.25) is 0 Å². The molecule has 6 heteroatoms. The van der Waals surface area contributed by atoms with Crippen LogP contribution >= 0.6 is 0 Å². The van der Waals surface area contributed by atoms with Crippen LogP contribution < -0.4 is 10.6 Å². The second-order valence-corrected chi connectivity index (χ2v) is 6.93. The second-order valence-electron chi connectivity index (χ2n) is 6.93. The first-order chi connectivity index (χ1) is 15.1. The summed E-state index contributed by atoms with van der Waals surface area (Å²) in [6.07, 6.45) is 2.92. The van der Waals surface area contributed by atoms with Crippen molar-refractivity contribution >= 4 is 11.8 Å². The summed E-state index contributed by atoms with van der Waals surface area (Å²) in [6.45, 7) is 8.07. The standard InChI is InChI=1S/C23H25N5O.C2H6/c1-3-4-12-20-15-22(28(27-20)21-13-8-9-18(14-21)16-24)26-23(29)25-17(2)19-10-6-5-7-11-19;1-2/h5-11,13-15,17H,3-4,12H2,1-2H3,(H2,25,26,29);1-2H3. The maximum Gasteiger partial charge on any atom is 0.320 e. The fraction of sp³-hybridized carbons (Fsp3) is 0.320. The number of hydrogen-bond donors (Lipinski definition) is 2. The molecule has 1 atom stereocenters. The number of nitrogens with one attached hydrogen (secondary N) is 2. The number of urea groups is 1. The minimum Gasteiger partial charge on any atom is -0.331 e. The number of carbonyl (C=O) groups is 1. The molecule has 2 aromatic carbocycles. The van der Waals surface area contributed by atoms with E-state index in [1.165, 1.54) is 0 Å². The largest absolute Gasteiger partial charge is 0.331 e. The molecule has 2 amide bonds. The van der Waals surface area contributed by atoms with Crippen molar-refractivity contribution in [2.45, 2.75) is 53.0 Å². The smallest absolute Gasteiger partial charge is 0.320 e. The topological polar surface area (TPSA) is 82.7 Å². The number of carbonyl (C=O) groups excluding carboxylic acids is 1. The van der Waals surface area contributed by atoms with Crippen LogP contribution in [0.1, 0.15) is 63.4 Å². The van der Waals surface area contributed by atoms with Gasteiger partial charge in [0.1, 0.15) is 5.82 Å². The third-order valence-electron chi connectivity index (χ3n) is 4.66. The van der Waals surface area contributed by atoms with Gasteiger partial charge in [0.15, 0.2) is 0 Å². The predicted octanol–water partition coefficient (Wildman–Crippen LogP) is 6.00. The Bertz CT molecular complexity index is 1000. The first-order valence-corrected chi connectivity index (χ1v) is 10.8. The highest BCUT2D eigenvalue weighted by molar-refractivity contribution is 5.89. The quantitative estimate of drug-likeness (QED) is 0.495. The van der Waals surface area contributed by atoms with Crippen molar-refractivity contribution in [1.82, 2.24) is 15.1 Å². The molecule has 1 unspecified atom stereocenters. The number of benzene rings is 2. The summed E-state index contributed by atoms with van der Waals surface area (Å²) in [7, 11) is 0. The van der Waals surface area contributed by atoms with Crippen molar-refractivity contribution in [3.05, 3.63) is 77.5 Å². The lowest BCUT2D eigenvalue weighted by molar-refractivity contribution is 0.249. The summed E-state index contributed by atoms with van der Waals surface area (Å²) >= 11 is 0. The Labute approximate surface area is 184 Å². The van der Waals surface area contributed by atoms with E-state index >= 15 is 0 Å². The van der Waals surface area contributed by atoms with E-state index in [0.717, 1.165) is 36.2 Å². The van der Waals surface area contributed by atoms with Crippen molar-refractivity contribution < 1.29 is 4.79 Å². The molecule has 0 fully saturated rings. The van der Waals surface area contributed by atoms with Crippen LogP contribution in [0.4, 0.5) is 10.6 Å². The SMILES string of the molecule is CC.CCCCc1cc(NC(=O)NC(C)c2ccccc2)n(-c2cccc(C#N)c2)n1. The van der Waals surface area contributed by atoms with Gasteiger partial charge in [-0.3, -0.25) is 5.32 Å². The maximum atomic E-state index is 12.6. The Kier molecular flexibility index (Phi) is 9.31. The second kappa shape index (κ2) is 12.2. The number of hydrogen-bond acceptors (Lipinski definition) is 3. The maximum absolute atomic E-state index is 12.6. The van der Waals surface area contributed by atoms with Gasteiger partial charge >= 0.3 is 6.03 Å². The minimum atomic E-state index is -0.305. The highest BCUT2D eigenvalue weighted by atomic mass is 16.2. The summed E-state index contributed by atoms with van der Waals surface area (Å²) in [5.41, 5.74) is 3.21. The van der Waals surface area contributed by atoms with E-state index in [4.69, 9.17) is 0 Å². The van der Waals surface area contributed by atoms with Crippen LogP contribution in [-0.2, 0) is 6.42 Å². The highest BCUT2D eigenvalue weighted by Gasteiger charge is 2.15. The van der Waals surface area contributed by atoms with Crippen LogP contribution in [0.15, 0.2) is 60.7 Å². The molecule has 162 valence electrons. The third kappa shape index (κ3) is 6.71. The molecule has 0 saturated heterocycles. The van der Waals surface area contributed by atoms with Gasteiger partial charge in [0, 0.05) is 6.07 Å². The summed E-state index contributed by atoms with van der Waals surface area (Å²) in [6, 6.07) is 20.6. The number of aryl methyl sites for hydroxylation is 1. The average Bonchev–Trinajstić information content (AvgIpc) is 3.21. The zero-order valence-electron chi connectivity index (χ0n) is 18.7. The van der Waals surface area contributed by atoms with E-state index in [2.05, 4.69) is 28.7 Å². The number of nitrogens with zero attached hydrogens (tertiary/aromatic N) is 3. The first kappa shape index (κ1) is 23.7. The molecule has 1 aromatic heterocycles. The molecule has 2 N–H and O–H groups in total. The average molecular weight is 418 g/mol. The first-order valence-electron chi connectivity index (χ1n) is 10.8. The normalized spacial score (nSPS) is 10.9. The molecule has 6 nitrogen and oxygen atoms in total. The summed E-state index contributed by atoms with van der Waals surface area (Å²) < 4.78 is 1.68. The van der Waals surface area contributed by atoms with Crippen LogP contribution in [0.3, 0.4) is 0 Å². The predicted molar refractivity (Wildman–Crippen MR) is 125 cm³/mol. The van der Waals surface area contributed by atoms with Gasteiger partial charge in [-0.2, -0.15) is 10.4 Å². The van der Waals surface area contributed by atoms with E-state index in [1.807, 2.05) is 69.3 Å². The number of unbranched alkanes of at least 4 members (excludes halogenated alkanes) is 1. The van der Waals surface area contributed by atoms with Gasteiger partial charge in [0.25, 0.3) is 0 Å². The highest BCUT2D eigenvalue weighted by Crippen LogP contribution is 2.20. The molecule has 1 heterocycles. The van der Waals surface area contributed by atoms with Gasteiger partial charge in [-0.05, 0) is 43.5 Å². The van der Waals surface area contributed by atoms with Crippen LogP contribution in [0.5, 0.6) is 0 Å². The number of anilines is 1. The Hall–Kier alpha value is -3.59. The van der Waals surface area contributed by atoms with E-state index in [-0.39, 0.29) is 12.1 Å². The lowest BCUT2D eigenvalue weighted by atomic mass is 10.1. The molecule has 3 rings (SSSR count). The van der Waals surface area contributed by atoms with Crippen molar-refractivity contribution in [3.8, 4) is 11.8 Å². The van der Waals surface area contributed by atoms with E-state index in [1.54, 1.807) is 16.8 Å². The van der Waals surface area contributed by atoms with Crippen molar-refractivity contribution in [2.24, 2.45) is 0 Å². The van der Waals surface area contributed by atoms with Crippen LogP contribution in [0.25, 0.3) is 5.69 Å². The van der Waals surface area contributed by atoms with Crippen molar-refractivity contribution in [1.29, 1.82) is 5.26 Å². The van der Waals surface area contributed by atoms with Crippen molar-refractivity contribution in [2.75, 3.05) is 5.32 Å². The molecule has 0 aliphatic rings. The Balaban J connectivity index is 0.00000166. The number of rotatable bonds is 7. The Morgan fingerprint density at radius 2 is 1.87 bits per heavy atom. The zero-order chi connectivity index (χ0) is 22.6. The molecule has 0 radical (unpaired) electrons. The molecule has 0 saturated carbocycles. The fourth-order valence-electron chi connectivity index (χ4n) is 3.08. The lowest BCUT2D eigenvalue weighted by Gasteiger charge is -2.15. The summed E-state index contributed by atoms with van der Waals surface area (Å²) in [5.74, 6) is 0.573. The summed E-state index contributed by atoms with van der Waals surface area (Å²) in [4.78, 5) is 12.6. The summed E-state index contributed by atoms with van der Waals surface area (Å²) in [5, 5.41) is 19.7. The number of aromatic nitrogens is 2. The molecule has 0 aliphatic heterocycles. The van der Waals surface area contributed by atoms with Crippen molar-refractivity contribution in [3.63, 3.8) is 0 Å². The molecule has 31 heavy (non-hydrogen) atoms. The monoisotopic (exact) mass is 417 g/mol. The minimum absolute atomic E-state index is 0.131. The fourth-order valence-corrected chi connectivity index (χ4v) is 3.08. The van der Waals surface area contributed by atoms with E-state index in [9.17, 15) is 10.1 Å². The van der Waals surface area contributed by atoms with Crippen LogP contribution in [0, 0.1) is 11.3 Å². The lowest BCUT2D eigenvalue weighted by Crippen LogP contribution is -2.31. The molecular weight excluding hydrogens is 386 g/mol. The van der Waals surface area contributed by atoms with Crippen LogP contribution in [-0.4, -0.2) is 15.8 Å². The molecule has 0 spiro atoms. The third-order valence-corrected chi connectivity index (χ3v) is 4.66. The van der Waals surface area contributed by atoms with Gasteiger partial charge in [-0.15, -0.1) is 0 Å². The Morgan fingerprint density at radius 3 is 2.55 bits per heavy atom. The van der Waals surface area contributed by atoms with E-state index in [0.29, 0.717) is 11.4 Å². The molecular formula is C25H31N5O. The molecule has 0 aliphatic carbocycles. The van der Waals surface area contributed by atoms with Gasteiger partial charge < -0.3 is 5.32 Å². The van der Waals surface area contributed by atoms with Crippen LogP contribution in [0.2, 0.25) is 0 Å². The zero-order valence-corrected chi connectivity index (χ0v) is 18.7. The number of nitriles is 1. The van der Waals surface area contributed by atoms with Gasteiger partial charge in [0.05, 0.1) is 29.1 Å². The van der Waals surface area contributed by atoms with E-state index < -0.39 is 0 Å². The molecule has 0 bridgehead atoms.